The summed E-state index contributed by atoms with van der Waals surface area (Å²) in [7, 11) is 0. The predicted octanol–water partition coefficient (Wildman–Crippen LogP) is 3.19. The van der Waals surface area contributed by atoms with Gasteiger partial charge in [0.2, 0.25) is 5.95 Å². The summed E-state index contributed by atoms with van der Waals surface area (Å²) in [6, 6.07) is 7.68. The van der Waals surface area contributed by atoms with Crippen LogP contribution in [0.3, 0.4) is 0 Å². The number of carbonyl (C=O) groups is 2. The molecule has 1 aromatic carbocycles. The number of likely N-dealkylation sites (tertiary alicyclic amines) is 1. The van der Waals surface area contributed by atoms with Gasteiger partial charge in [-0.25, -0.2) is 14.8 Å². The molecule has 0 atom stereocenters. The topological polar surface area (TPSA) is 96.5 Å². The van der Waals surface area contributed by atoms with E-state index in [1.807, 2.05) is 26.0 Å². The molecule has 2 aromatic rings. The number of benzene rings is 1. The Bertz CT molecular complexity index is 858. The van der Waals surface area contributed by atoms with Crippen LogP contribution in [0.5, 0.6) is 0 Å². The van der Waals surface area contributed by atoms with Gasteiger partial charge in [-0.1, -0.05) is 6.07 Å². The largest absolute Gasteiger partial charge is 0.450 e. The molecule has 2 heterocycles. The molecule has 154 valence electrons. The van der Waals surface area contributed by atoms with Crippen LogP contribution in [0.1, 0.15) is 41.4 Å². The number of anilines is 2. The van der Waals surface area contributed by atoms with Crippen molar-refractivity contribution >= 4 is 23.6 Å². The van der Waals surface area contributed by atoms with E-state index in [-0.39, 0.29) is 18.0 Å². The van der Waals surface area contributed by atoms with E-state index in [1.165, 1.54) is 0 Å². The molecule has 3 rings (SSSR count). The monoisotopic (exact) mass is 397 g/mol. The fraction of sp³-hybridized carbons (Fsp3) is 0.429. The minimum atomic E-state index is -0.296. The third-order valence-electron chi connectivity index (χ3n) is 4.72. The number of rotatable bonds is 5. The fourth-order valence-electron chi connectivity index (χ4n) is 3.40. The van der Waals surface area contributed by atoms with Crippen molar-refractivity contribution in [1.29, 1.82) is 0 Å². The van der Waals surface area contributed by atoms with Gasteiger partial charge in [0, 0.05) is 31.0 Å². The van der Waals surface area contributed by atoms with Crippen LogP contribution < -0.4 is 10.6 Å². The standard InChI is InChI=1S/C21H27N5O3/c1-4-29-21(28)26-9-6-16(7-10-26)23-19(27)18-5-8-22-20(25-18)24-17-12-14(2)11-15(3)13-17/h5,8,11-13,16H,4,6-7,9-10H2,1-3H3,(H,23,27)(H,22,24,25). The van der Waals surface area contributed by atoms with Gasteiger partial charge < -0.3 is 20.3 Å². The van der Waals surface area contributed by atoms with Gasteiger partial charge in [-0.2, -0.15) is 0 Å². The SMILES string of the molecule is CCOC(=O)N1CCC(NC(=O)c2ccnc(Nc3cc(C)cc(C)c3)n2)CC1. The van der Waals surface area contributed by atoms with Crippen LogP contribution in [0.15, 0.2) is 30.5 Å². The molecule has 1 fully saturated rings. The summed E-state index contributed by atoms with van der Waals surface area (Å²) in [6.45, 7) is 7.32. The maximum atomic E-state index is 12.6. The molecule has 2 N–H and O–H groups in total. The van der Waals surface area contributed by atoms with Crippen molar-refractivity contribution in [2.75, 3.05) is 25.0 Å². The molecular formula is C21H27N5O3. The van der Waals surface area contributed by atoms with Gasteiger partial charge in [-0.05, 0) is 62.9 Å². The zero-order chi connectivity index (χ0) is 20.8. The first-order valence-electron chi connectivity index (χ1n) is 9.85. The van der Waals surface area contributed by atoms with Crippen molar-refractivity contribution in [1.82, 2.24) is 20.2 Å². The van der Waals surface area contributed by atoms with Gasteiger partial charge in [0.1, 0.15) is 5.69 Å². The maximum Gasteiger partial charge on any atom is 0.409 e. The lowest BCUT2D eigenvalue weighted by molar-refractivity contribution is 0.0856. The first-order chi connectivity index (χ1) is 13.9. The average molecular weight is 397 g/mol. The van der Waals surface area contributed by atoms with Crippen molar-refractivity contribution in [3.05, 3.63) is 47.3 Å². The molecule has 1 aliphatic heterocycles. The first-order valence-corrected chi connectivity index (χ1v) is 9.85. The number of nitrogens with one attached hydrogen (secondary N) is 2. The van der Waals surface area contributed by atoms with Crippen molar-refractivity contribution < 1.29 is 14.3 Å². The molecule has 0 unspecified atom stereocenters. The highest BCUT2D eigenvalue weighted by molar-refractivity contribution is 5.92. The summed E-state index contributed by atoms with van der Waals surface area (Å²) in [5.74, 6) is 0.130. The van der Waals surface area contributed by atoms with E-state index in [1.54, 1.807) is 24.1 Å². The van der Waals surface area contributed by atoms with E-state index in [9.17, 15) is 9.59 Å². The van der Waals surface area contributed by atoms with Crippen molar-refractivity contribution in [3.63, 3.8) is 0 Å². The molecule has 0 spiro atoms. The number of aryl methyl sites for hydroxylation is 2. The minimum Gasteiger partial charge on any atom is -0.450 e. The molecule has 0 bridgehead atoms. The summed E-state index contributed by atoms with van der Waals surface area (Å²) >= 11 is 0. The van der Waals surface area contributed by atoms with Gasteiger partial charge >= 0.3 is 6.09 Å². The van der Waals surface area contributed by atoms with Gasteiger partial charge in [-0.3, -0.25) is 4.79 Å². The Labute approximate surface area is 170 Å². The molecule has 8 heteroatoms. The number of amides is 2. The average Bonchev–Trinajstić information content (AvgIpc) is 2.68. The fourth-order valence-corrected chi connectivity index (χ4v) is 3.40. The molecule has 0 saturated carbocycles. The van der Waals surface area contributed by atoms with Crippen LogP contribution in [-0.2, 0) is 4.74 Å². The van der Waals surface area contributed by atoms with Crippen molar-refractivity contribution in [3.8, 4) is 0 Å². The predicted molar refractivity (Wildman–Crippen MR) is 110 cm³/mol. The third-order valence-corrected chi connectivity index (χ3v) is 4.72. The Morgan fingerprint density at radius 3 is 2.52 bits per heavy atom. The van der Waals surface area contributed by atoms with Gasteiger partial charge in [-0.15, -0.1) is 0 Å². The molecule has 1 aromatic heterocycles. The highest BCUT2D eigenvalue weighted by Gasteiger charge is 2.25. The molecule has 0 radical (unpaired) electrons. The first kappa shape index (κ1) is 20.6. The smallest absolute Gasteiger partial charge is 0.409 e. The Morgan fingerprint density at radius 1 is 1.17 bits per heavy atom. The van der Waals surface area contributed by atoms with Crippen LogP contribution >= 0.6 is 0 Å². The van der Waals surface area contributed by atoms with Gasteiger partial charge in [0.25, 0.3) is 5.91 Å². The number of carbonyl (C=O) groups excluding carboxylic acids is 2. The van der Waals surface area contributed by atoms with Gasteiger partial charge in [0.05, 0.1) is 6.61 Å². The third kappa shape index (κ3) is 5.66. The number of nitrogens with zero attached hydrogens (tertiary/aromatic N) is 3. The number of aromatic nitrogens is 2. The zero-order valence-corrected chi connectivity index (χ0v) is 17.1. The van der Waals surface area contributed by atoms with E-state index >= 15 is 0 Å². The van der Waals surface area contributed by atoms with E-state index < -0.39 is 0 Å². The Kier molecular flexibility index (Phi) is 6.64. The molecule has 2 amide bonds. The van der Waals surface area contributed by atoms with Crippen LogP contribution in [0.2, 0.25) is 0 Å². The highest BCUT2D eigenvalue weighted by atomic mass is 16.6. The highest BCUT2D eigenvalue weighted by Crippen LogP contribution is 2.17. The van der Waals surface area contributed by atoms with E-state index in [0.717, 1.165) is 16.8 Å². The lowest BCUT2D eigenvalue weighted by Crippen LogP contribution is -2.46. The zero-order valence-electron chi connectivity index (χ0n) is 17.1. The summed E-state index contributed by atoms with van der Waals surface area (Å²) in [5.41, 5.74) is 3.46. The number of hydrogen-bond acceptors (Lipinski definition) is 6. The summed E-state index contributed by atoms with van der Waals surface area (Å²) < 4.78 is 5.02. The second kappa shape index (κ2) is 9.36. The summed E-state index contributed by atoms with van der Waals surface area (Å²) in [5, 5.41) is 6.15. The lowest BCUT2D eigenvalue weighted by atomic mass is 10.1. The molecular weight excluding hydrogens is 370 g/mol. The van der Waals surface area contributed by atoms with Gasteiger partial charge in [0.15, 0.2) is 0 Å². The number of hydrogen-bond donors (Lipinski definition) is 2. The van der Waals surface area contributed by atoms with Crippen molar-refractivity contribution in [2.24, 2.45) is 0 Å². The quantitative estimate of drug-likeness (QED) is 0.804. The normalized spacial score (nSPS) is 14.4. The van der Waals surface area contributed by atoms with Crippen LogP contribution in [0.25, 0.3) is 0 Å². The van der Waals surface area contributed by atoms with E-state index in [2.05, 4.69) is 26.7 Å². The lowest BCUT2D eigenvalue weighted by Gasteiger charge is -2.31. The van der Waals surface area contributed by atoms with E-state index in [0.29, 0.717) is 44.2 Å². The van der Waals surface area contributed by atoms with Crippen LogP contribution in [0, 0.1) is 13.8 Å². The van der Waals surface area contributed by atoms with Crippen LogP contribution in [0.4, 0.5) is 16.4 Å². The second-order valence-electron chi connectivity index (χ2n) is 7.20. The Morgan fingerprint density at radius 2 is 1.86 bits per heavy atom. The molecule has 1 saturated heterocycles. The molecule has 8 nitrogen and oxygen atoms in total. The number of ether oxygens (including phenoxy) is 1. The van der Waals surface area contributed by atoms with Crippen molar-refractivity contribution in [2.45, 2.75) is 39.7 Å². The molecule has 29 heavy (non-hydrogen) atoms. The molecule has 0 aliphatic carbocycles. The minimum absolute atomic E-state index is 0.000950. The van der Waals surface area contributed by atoms with E-state index in [4.69, 9.17) is 4.74 Å². The Hall–Kier alpha value is -3.16. The number of piperidine rings is 1. The summed E-state index contributed by atoms with van der Waals surface area (Å²) in [4.78, 5) is 34.6. The van der Waals surface area contributed by atoms with Crippen LogP contribution in [-0.4, -0.2) is 52.6 Å². The second-order valence-corrected chi connectivity index (χ2v) is 7.20. The maximum absolute atomic E-state index is 12.6. The summed E-state index contributed by atoms with van der Waals surface area (Å²) in [6.07, 6.45) is 2.64. The Balaban J connectivity index is 1.58. The molecule has 1 aliphatic rings.